The maximum Gasteiger partial charge on any atom is 0.0579 e. The van der Waals surface area contributed by atoms with Crippen molar-refractivity contribution in [1.82, 2.24) is 0 Å². The summed E-state index contributed by atoms with van der Waals surface area (Å²) in [6, 6.07) is 0. The summed E-state index contributed by atoms with van der Waals surface area (Å²) in [6.45, 7) is 4.63. The Morgan fingerprint density at radius 2 is 2.08 bits per heavy atom. The first kappa shape index (κ1) is 10.0. The zero-order valence-electron chi connectivity index (χ0n) is 8.12. The molecule has 1 rings (SSSR count). The van der Waals surface area contributed by atoms with Crippen LogP contribution in [0, 0.1) is 5.92 Å². The van der Waals surface area contributed by atoms with E-state index in [1.807, 2.05) is 0 Å². The maximum atomic E-state index is 8.63. The second-order valence-corrected chi connectivity index (χ2v) is 3.87. The number of hydrogen-bond donors (Lipinski definition) is 1. The SMILES string of the molecule is CC1CC(CCCCO)C(C)O1. The van der Waals surface area contributed by atoms with Gasteiger partial charge in [-0.05, 0) is 39.0 Å². The molecule has 0 aromatic rings. The van der Waals surface area contributed by atoms with Crippen LogP contribution in [0.15, 0.2) is 0 Å². The maximum absolute atomic E-state index is 8.63. The monoisotopic (exact) mass is 172 g/mol. The summed E-state index contributed by atoms with van der Waals surface area (Å²) >= 11 is 0. The van der Waals surface area contributed by atoms with Gasteiger partial charge in [0, 0.05) is 6.61 Å². The molecule has 2 nitrogen and oxygen atoms in total. The molecule has 1 aliphatic heterocycles. The highest BCUT2D eigenvalue weighted by Gasteiger charge is 2.28. The molecule has 1 N–H and O–H groups in total. The van der Waals surface area contributed by atoms with E-state index in [1.54, 1.807) is 0 Å². The fourth-order valence-electron chi connectivity index (χ4n) is 2.02. The molecule has 0 bridgehead atoms. The van der Waals surface area contributed by atoms with E-state index >= 15 is 0 Å². The van der Waals surface area contributed by atoms with Crippen molar-refractivity contribution in [3.8, 4) is 0 Å². The standard InChI is InChI=1S/C10H20O2/c1-8-7-10(9(2)12-8)5-3-4-6-11/h8-11H,3-7H2,1-2H3. The summed E-state index contributed by atoms with van der Waals surface area (Å²) in [4.78, 5) is 0. The molecule has 1 fully saturated rings. The summed E-state index contributed by atoms with van der Waals surface area (Å²) in [5.74, 6) is 0.728. The van der Waals surface area contributed by atoms with Crippen LogP contribution in [0.2, 0.25) is 0 Å². The van der Waals surface area contributed by atoms with Crippen LogP contribution in [0.1, 0.15) is 39.5 Å². The summed E-state index contributed by atoms with van der Waals surface area (Å²) in [6.07, 6.45) is 5.37. The molecule has 2 heteroatoms. The first-order valence-electron chi connectivity index (χ1n) is 5.00. The lowest BCUT2D eigenvalue weighted by molar-refractivity contribution is 0.0545. The molecule has 0 spiro atoms. The Morgan fingerprint density at radius 1 is 1.33 bits per heavy atom. The van der Waals surface area contributed by atoms with Gasteiger partial charge in [0.25, 0.3) is 0 Å². The van der Waals surface area contributed by atoms with Gasteiger partial charge in [-0.3, -0.25) is 0 Å². The molecule has 0 aromatic carbocycles. The van der Waals surface area contributed by atoms with E-state index in [1.165, 1.54) is 12.8 Å². The molecule has 1 saturated heterocycles. The number of unbranched alkanes of at least 4 members (excludes halogenated alkanes) is 1. The van der Waals surface area contributed by atoms with Crippen LogP contribution in [0.3, 0.4) is 0 Å². The number of hydrogen-bond acceptors (Lipinski definition) is 2. The van der Waals surface area contributed by atoms with Crippen molar-refractivity contribution < 1.29 is 9.84 Å². The molecule has 12 heavy (non-hydrogen) atoms. The van der Waals surface area contributed by atoms with Crippen LogP contribution < -0.4 is 0 Å². The Kier molecular flexibility index (Phi) is 4.02. The van der Waals surface area contributed by atoms with E-state index in [-0.39, 0.29) is 0 Å². The third-order valence-electron chi connectivity index (χ3n) is 2.73. The smallest absolute Gasteiger partial charge is 0.0579 e. The average molecular weight is 172 g/mol. The minimum absolute atomic E-state index is 0.331. The molecular weight excluding hydrogens is 152 g/mol. The normalized spacial score (nSPS) is 35.8. The van der Waals surface area contributed by atoms with Gasteiger partial charge in [-0.25, -0.2) is 0 Å². The van der Waals surface area contributed by atoms with Crippen molar-refractivity contribution in [2.75, 3.05) is 6.61 Å². The van der Waals surface area contributed by atoms with Crippen LogP contribution >= 0.6 is 0 Å². The first-order chi connectivity index (χ1) is 5.74. The molecule has 0 aromatic heterocycles. The molecule has 3 unspecified atom stereocenters. The summed E-state index contributed by atoms with van der Waals surface area (Å²) in [7, 11) is 0. The molecular formula is C10H20O2. The van der Waals surface area contributed by atoms with Crippen LogP contribution in [0.25, 0.3) is 0 Å². The third kappa shape index (κ3) is 2.76. The molecule has 72 valence electrons. The van der Waals surface area contributed by atoms with Crippen molar-refractivity contribution in [2.24, 2.45) is 5.92 Å². The van der Waals surface area contributed by atoms with Crippen LogP contribution in [0.5, 0.6) is 0 Å². The predicted molar refractivity (Wildman–Crippen MR) is 49.1 cm³/mol. The highest BCUT2D eigenvalue weighted by Crippen LogP contribution is 2.29. The van der Waals surface area contributed by atoms with Gasteiger partial charge in [0.1, 0.15) is 0 Å². The second-order valence-electron chi connectivity index (χ2n) is 3.87. The van der Waals surface area contributed by atoms with E-state index in [0.29, 0.717) is 18.8 Å². The van der Waals surface area contributed by atoms with Crippen molar-refractivity contribution >= 4 is 0 Å². The zero-order valence-corrected chi connectivity index (χ0v) is 8.12. The Hall–Kier alpha value is -0.0800. The van der Waals surface area contributed by atoms with Gasteiger partial charge in [0.05, 0.1) is 12.2 Å². The molecule has 1 heterocycles. The Morgan fingerprint density at radius 3 is 2.58 bits per heavy atom. The minimum Gasteiger partial charge on any atom is -0.396 e. The predicted octanol–water partition coefficient (Wildman–Crippen LogP) is 1.96. The molecule has 0 radical (unpaired) electrons. The third-order valence-corrected chi connectivity index (χ3v) is 2.73. The van der Waals surface area contributed by atoms with Gasteiger partial charge in [0.2, 0.25) is 0 Å². The van der Waals surface area contributed by atoms with Crippen molar-refractivity contribution in [1.29, 1.82) is 0 Å². The largest absolute Gasteiger partial charge is 0.396 e. The number of rotatable bonds is 4. The van der Waals surface area contributed by atoms with E-state index in [9.17, 15) is 0 Å². The molecule has 0 aliphatic carbocycles. The molecule has 1 aliphatic rings. The summed E-state index contributed by atoms with van der Waals surface area (Å²) in [5.41, 5.74) is 0. The van der Waals surface area contributed by atoms with E-state index < -0.39 is 0 Å². The molecule has 0 saturated carbocycles. The van der Waals surface area contributed by atoms with Gasteiger partial charge in [-0.2, -0.15) is 0 Å². The highest BCUT2D eigenvalue weighted by molar-refractivity contribution is 4.77. The minimum atomic E-state index is 0.331. The number of ether oxygens (including phenoxy) is 1. The topological polar surface area (TPSA) is 29.5 Å². The van der Waals surface area contributed by atoms with Crippen LogP contribution in [-0.2, 0) is 4.74 Å². The van der Waals surface area contributed by atoms with Gasteiger partial charge >= 0.3 is 0 Å². The van der Waals surface area contributed by atoms with Crippen molar-refractivity contribution in [2.45, 2.75) is 51.7 Å². The van der Waals surface area contributed by atoms with Crippen LogP contribution in [-0.4, -0.2) is 23.9 Å². The Labute approximate surface area is 74.9 Å². The van der Waals surface area contributed by atoms with E-state index in [4.69, 9.17) is 9.84 Å². The van der Waals surface area contributed by atoms with Gasteiger partial charge < -0.3 is 9.84 Å². The van der Waals surface area contributed by atoms with Gasteiger partial charge in [-0.15, -0.1) is 0 Å². The zero-order chi connectivity index (χ0) is 8.97. The molecule has 3 atom stereocenters. The first-order valence-corrected chi connectivity index (χ1v) is 5.00. The lowest BCUT2D eigenvalue weighted by atomic mass is 9.94. The quantitative estimate of drug-likeness (QED) is 0.657. The lowest BCUT2D eigenvalue weighted by Gasteiger charge is -2.12. The Bertz CT molecular complexity index is 125. The fourth-order valence-corrected chi connectivity index (χ4v) is 2.02. The fraction of sp³-hybridized carbons (Fsp3) is 1.00. The van der Waals surface area contributed by atoms with Gasteiger partial charge in [0.15, 0.2) is 0 Å². The summed E-state index contributed by atoms with van der Waals surface area (Å²) < 4.78 is 5.64. The van der Waals surface area contributed by atoms with E-state index in [2.05, 4.69) is 13.8 Å². The average Bonchev–Trinajstić information content (AvgIpc) is 2.31. The lowest BCUT2D eigenvalue weighted by Crippen LogP contribution is -2.11. The van der Waals surface area contributed by atoms with Crippen molar-refractivity contribution in [3.63, 3.8) is 0 Å². The highest BCUT2D eigenvalue weighted by atomic mass is 16.5. The second kappa shape index (κ2) is 4.83. The summed E-state index contributed by atoms with van der Waals surface area (Å²) in [5, 5.41) is 8.63. The number of aliphatic hydroxyl groups is 1. The van der Waals surface area contributed by atoms with Gasteiger partial charge in [-0.1, -0.05) is 6.42 Å². The Balaban J connectivity index is 2.15. The van der Waals surface area contributed by atoms with Crippen molar-refractivity contribution in [3.05, 3.63) is 0 Å². The van der Waals surface area contributed by atoms with Crippen LogP contribution in [0.4, 0.5) is 0 Å². The number of aliphatic hydroxyl groups excluding tert-OH is 1. The van der Waals surface area contributed by atoms with E-state index in [0.717, 1.165) is 18.8 Å². The molecule has 0 amide bonds.